The van der Waals surface area contributed by atoms with Gasteiger partial charge in [-0.25, -0.2) is 0 Å². The molecule has 3 heteroatoms. The average Bonchev–Trinajstić information content (AvgIpc) is 3.01. The molecule has 1 aliphatic carbocycles. The zero-order valence-electron chi connectivity index (χ0n) is 12.8. The van der Waals surface area contributed by atoms with E-state index in [-0.39, 0.29) is 11.8 Å². The highest BCUT2D eigenvalue weighted by atomic mass is 16.5. The quantitative estimate of drug-likeness (QED) is 0.744. The number of benzene rings is 1. The van der Waals surface area contributed by atoms with Crippen molar-refractivity contribution in [3.8, 4) is 5.75 Å². The lowest BCUT2D eigenvalue weighted by Crippen LogP contribution is -2.44. The van der Waals surface area contributed by atoms with Crippen LogP contribution in [-0.4, -0.2) is 36.4 Å². The number of ether oxygens (including phenoxy) is 1. The Balaban J connectivity index is 2.09. The van der Waals surface area contributed by atoms with E-state index in [1.165, 1.54) is 25.7 Å². The highest BCUT2D eigenvalue weighted by molar-refractivity contribution is 5.99. The van der Waals surface area contributed by atoms with Crippen molar-refractivity contribution in [2.45, 2.75) is 51.6 Å². The zero-order valence-corrected chi connectivity index (χ0v) is 12.8. The number of likely N-dealkylation sites (N-methyl/N-ethyl adjacent to an activating group) is 1. The Morgan fingerprint density at radius 2 is 1.90 bits per heavy atom. The van der Waals surface area contributed by atoms with Crippen molar-refractivity contribution in [2.75, 3.05) is 13.7 Å². The van der Waals surface area contributed by atoms with Gasteiger partial charge in [-0.15, -0.1) is 0 Å². The summed E-state index contributed by atoms with van der Waals surface area (Å²) >= 11 is 0. The fraction of sp³-hybridized carbons (Fsp3) is 0.588. The Labute approximate surface area is 121 Å². The first kappa shape index (κ1) is 15.0. The molecule has 0 spiro atoms. The summed E-state index contributed by atoms with van der Waals surface area (Å²) in [6.07, 6.45) is 5.05. The molecule has 1 aliphatic rings. The van der Waals surface area contributed by atoms with E-state index in [1.54, 1.807) is 7.11 Å². The summed E-state index contributed by atoms with van der Waals surface area (Å²) in [5.41, 5.74) is 0.773. The fourth-order valence-corrected chi connectivity index (χ4v) is 3.23. The highest BCUT2D eigenvalue weighted by Gasteiger charge is 2.29. The maximum atomic E-state index is 12.6. The number of nitrogens with zero attached hydrogens (tertiary/aromatic N) is 1. The van der Waals surface area contributed by atoms with E-state index < -0.39 is 0 Å². The topological polar surface area (TPSA) is 29.5 Å². The number of methoxy groups -OCH3 is 1. The number of carbonyl (C=O) groups excluding carboxylic acids is 1. The first-order valence-corrected chi connectivity index (χ1v) is 7.61. The summed E-state index contributed by atoms with van der Waals surface area (Å²) in [4.78, 5) is 15.0. The molecule has 0 heterocycles. The third kappa shape index (κ3) is 3.21. The highest BCUT2D eigenvalue weighted by Crippen LogP contribution is 2.26. The second-order valence-electron chi connectivity index (χ2n) is 5.54. The molecule has 110 valence electrons. The van der Waals surface area contributed by atoms with Crippen molar-refractivity contribution >= 4 is 5.78 Å². The number of Topliss-reactive ketones (excluding diaryl/α,β-unsaturated/α-hetero) is 1. The molecule has 0 aromatic heterocycles. The Morgan fingerprint density at radius 1 is 1.30 bits per heavy atom. The smallest absolute Gasteiger partial charge is 0.179 e. The minimum absolute atomic E-state index is 0.0449. The molecule has 0 saturated heterocycles. The molecule has 0 amide bonds. The van der Waals surface area contributed by atoms with Crippen LogP contribution in [0.25, 0.3) is 0 Å². The third-order valence-corrected chi connectivity index (χ3v) is 4.41. The number of carbonyl (C=O) groups is 1. The van der Waals surface area contributed by atoms with Crippen LogP contribution >= 0.6 is 0 Å². The van der Waals surface area contributed by atoms with Gasteiger partial charge in [0.15, 0.2) is 5.78 Å². The zero-order chi connectivity index (χ0) is 14.5. The molecule has 0 aliphatic heterocycles. The molecular weight excluding hydrogens is 250 g/mol. The van der Waals surface area contributed by atoms with Crippen molar-refractivity contribution in [1.29, 1.82) is 0 Å². The molecule has 3 nitrogen and oxygen atoms in total. The van der Waals surface area contributed by atoms with Crippen LogP contribution in [-0.2, 0) is 0 Å². The number of rotatable bonds is 6. The summed E-state index contributed by atoms with van der Waals surface area (Å²) in [5, 5.41) is 0. The Bertz CT molecular complexity index is 435. The molecule has 0 N–H and O–H groups in total. The van der Waals surface area contributed by atoms with Crippen LogP contribution in [0, 0.1) is 0 Å². The van der Waals surface area contributed by atoms with Gasteiger partial charge in [0.05, 0.1) is 13.2 Å². The third-order valence-electron chi connectivity index (χ3n) is 4.41. The molecule has 2 rings (SSSR count). The molecular formula is C17H25NO2. The predicted molar refractivity (Wildman–Crippen MR) is 81.4 cm³/mol. The van der Waals surface area contributed by atoms with E-state index in [0.717, 1.165) is 17.9 Å². The molecule has 20 heavy (non-hydrogen) atoms. The van der Waals surface area contributed by atoms with Gasteiger partial charge in [0, 0.05) is 11.6 Å². The van der Waals surface area contributed by atoms with Gasteiger partial charge in [0.1, 0.15) is 5.75 Å². The van der Waals surface area contributed by atoms with Crippen LogP contribution in [0.4, 0.5) is 0 Å². The van der Waals surface area contributed by atoms with Crippen molar-refractivity contribution < 1.29 is 9.53 Å². The van der Waals surface area contributed by atoms with Gasteiger partial charge in [-0.05, 0) is 50.6 Å². The van der Waals surface area contributed by atoms with Crippen molar-refractivity contribution in [2.24, 2.45) is 0 Å². The standard InChI is InChI=1S/C17H25NO2/c1-4-18(15-7-5-6-8-15)13(2)17(19)14-9-11-16(20-3)12-10-14/h9-13,15H,4-8H2,1-3H3. The minimum atomic E-state index is -0.0449. The average molecular weight is 275 g/mol. The molecule has 1 unspecified atom stereocenters. The molecule has 0 radical (unpaired) electrons. The molecule has 1 saturated carbocycles. The van der Waals surface area contributed by atoms with Gasteiger partial charge in [0.25, 0.3) is 0 Å². The van der Waals surface area contributed by atoms with E-state index >= 15 is 0 Å². The molecule has 1 atom stereocenters. The SMILES string of the molecule is CCN(C1CCCC1)C(C)C(=O)c1ccc(OC)cc1. The maximum absolute atomic E-state index is 12.6. The first-order chi connectivity index (χ1) is 9.67. The Kier molecular flexibility index (Phi) is 5.18. The van der Waals surface area contributed by atoms with E-state index in [4.69, 9.17) is 4.74 Å². The lowest BCUT2D eigenvalue weighted by Gasteiger charge is -2.32. The summed E-state index contributed by atoms with van der Waals surface area (Å²) < 4.78 is 5.14. The predicted octanol–water partition coefficient (Wildman–Crippen LogP) is 3.53. The van der Waals surface area contributed by atoms with Crippen molar-refractivity contribution in [1.82, 2.24) is 4.90 Å². The van der Waals surface area contributed by atoms with Crippen LogP contribution in [0.5, 0.6) is 5.75 Å². The van der Waals surface area contributed by atoms with Gasteiger partial charge in [0.2, 0.25) is 0 Å². The minimum Gasteiger partial charge on any atom is -0.497 e. The number of hydrogen-bond acceptors (Lipinski definition) is 3. The van der Waals surface area contributed by atoms with Gasteiger partial charge in [-0.1, -0.05) is 19.8 Å². The van der Waals surface area contributed by atoms with Crippen LogP contribution in [0.15, 0.2) is 24.3 Å². The molecule has 1 aromatic carbocycles. The summed E-state index contributed by atoms with van der Waals surface area (Å²) in [7, 11) is 1.64. The van der Waals surface area contributed by atoms with Crippen molar-refractivity contribution in [3.63, 3.8) is 0 Å². The van der Waals surface area contributed by atoms with E-state index in [1.807, 2.05) is 31.2 Å². The largest absolute Gasteiger partial charge is 0.497 e. The number of ketones is 1. The lowest BCUT2D eigenvalue weighted by atomic mass is 10.0. The van der Waals surface area contributed by atoms with Gasteiger partial charge < -0.3 is 4.74 Å². The Hall–Kier alpha value is -1.35. The van der Waals surface area contributed by atoms with Crippen LogP contribution in [0.3, 0.4) is 0 Å². The van der Waals surface area contributed by atoms with Crippen LogP contribution in [0.1, 0.15) is 49.9 Å². The summed E-state index contributed by atoms with van der Waals surface area (Å²) in [5.74, 6) is 0.999. The van der Waals surface area contributed by atoms with Gasteiger partial charge >= 0.3 is 0 Å². The lowest BCUT2D eigenvalue weighted by molar-refractivity contribution is 0.0775. The van der Waals surface area contributed by atoms with E-state index in [0.29, 0.717) is 6.04 Å². The van der Waals surface area contributed by atoms with Crippen LogP contribution in [0.2, 0.25) is 0 Å². The first-order valence-electron chi connectivity index (χ1n) is 7.61. The second-order valence-corrected chi connectivity index (χ2v) is 5.54. The fourth-order valence-electron chi connectivity index (χ4n) is 3.23. The monoisotopic (exact) mass is 275 g/mol. The molecule has 1 fully saturated rings. The van der Waals surface area contributed by atoms with E-state index in [9.17, 15) is 4.79 Å². The van der Waals surface area contributed by atoms with Crippen LogP contribution < -0.4 is 4.74 Å². The molecule has 0 bridgehead atoms. The van der Waals surface area contributed by atoms with E-state index in [2.05, 4.69) is 11.8 Å². The van der Waals surface area contributed by atoms with Gasteiger partial charge in [-0.2, -0.15) is 0 Å². The number of hydrogen-bond donors (Lipinski definition) is 0. The maximum Gasteiger partial charge on any atom is 0.179 e. The van der Waals surface area contributed by atoms with Crippen molar-refractivity contribution in [3.05, 3.63) is 29.8 Å². The second kappa shape index (κ2) is 6.89. The summed E-state index contributed by atoms with van der Waals surface area (Å²) in [6, 6.07) is 7.96. The van der Waals surface area contributed by atoms with Gasteiger partial charge in [-0.3, -0.25) is 9.69 Å². The Morgan fingerprint density at radius 3 is 2.40 bits per heavy atom. The summed E-state index contributed by atoms with van der Waals surface area (Å²) in [6.45, 7) is 5.12. The molecule has 1 aromatic rings. The normalized spacial score (nSPS) is 17.4.